The monoisotopic (exact) mass is 689 g/mol. The topological polar surface area (TPSA) is 40.5 Å². The van der Waals surface area contributed by atoms with Crippen molar-refractivity contribution in [1.82, 2.24) is 9.13 Å². The van der Waals surface area contributed by atoms with Gasteiger partial charge in [-0.1, -0.05) is 115 Å². The highest BCUT2D eigenvalue weighted by Gasteiger charge is 2.23. The fourth-order valence-corrected chi connectivity index (χ4v) is 8.84. The molecule has 8 aromatic carbocycles. The zero-order valence-corrected chi connectivity index (χ0v) is 28.7. The molecule has 0 amide bonds. The van der Waals surface area contributed by atoms with E-state index in [4.69, 9.17) is 15.4 Å². The Morgan fingerprint density at radius 3 is 1.50 bits per heavy atom. The maximum absolute atomic E-state index is 8.38. The largest absolute Gasteiger partial charge is 0.454 e. The average molecular weight is 690 g/mol. The van der Waals surface area contributed by atoms with Crippen LogP contribution in [-0.2, 0) is 0 Å². The highest BCUT2D eigenvalue weighted by Crippen LogP contribution is 2.45. The predicted molar refractivity (Wildman–Crippen MR) is 221 cm³/mol. The van der Waals surface area contributed by atoms with Gasteiger partial charge in [-0.05, 0) is 59.7 Å². The van der Waals surface area contributed by atoms with Crippen LogP contribution in [-0.4, -0.2) is 9.13 Å². The number of furan rings is 2. The van der Waals surface area contributed by atoms with Gasteiger partial charge < -0.3 is 18.0 Å². The second kappa shape index (κ2) is 10.7. The maximum atomic E-state index is 8.38. The van der Waals surface area contributed by atoms with E-state index in [9.17, 15) is 0 Å². The third kappa shape index (κ3) is 3.81. The Balaban J connectivity index is 1.12. The van der Waals surface area contributed by atoms with Crippen LogP contribution in [0.3, 0.4) is 0 Å². The molecule has 5 heteroatoms. The van der Waals surface area contributed by atoms with E-state index in [1.54, 1.807) is 0 Å². The first-order valence-electron chi connectivity index (χ1n) is 18.1. The van der Waals surface area contributed by atoms with Crippen molar-refractivity contribution in [2.45, 2.75) is 0 Å². The van der Waals surface area contributed by atoms with Crippen LogP contribution >= 0.6 is 0 Å². The van der Waals surface area contributed by atoms with Gasteiger partial charge in [-0.3, -0.25) is 0 Å². The normalized spacial score (nSPS) is 12.1. The van der Waals surface area contributed by atoms with Crippen molar-refractivity contribution >= 4 is 93.2 Å². The van der Waals surface area contributed by atoms with Gasteiger partial charge in [0.05, 0.1) is 34.3 Å². The number of fused-ring (bicyclic) bond motifs is 14. The van der Waals surface area contributed by atoms with E-state index in [-0.39, 0.29) is 0 Å². The molecule has 12 rings (SSSR count). The lowest BCUT2D eigenvalue weighted by atomic mass is 10.0. The van der Waals surface area contributed by atoms with Crippen molar-refractivity contribution in [1.29, 1.82) is 0 Å². The molecule has 12 aromatic rings. The Hall–Kier alpha value is -7.55. The zero-order chi connectivity index (χ0) is 35.5. The molecule has 54 heavy (non-hydrogen) atoms. The lowest BCUT2D eigenvalue weighted by Crippen LogP contribution is -1.99. The third-order valence-corrected chi connectivity index (χ3v) is 11.2. The summed E-state index contributed by atoms with van der Waals surface area (Å²) in [5.74, 6) is 0. The van der Waals surface area contributed by atoms with E-state index in [2.05, 4.69) is 135 Å². The molecule has 0 saturated heterocycles. The number of rotatable bonds is 3. The lowest BCUT2D eigenvalue weighted by molar-refractivity contribution is 0.670. The SMILES string of the molecule is [C-]#[N+]c1cccc(-c2ccc(-n3c4ccccc4c4ccc5c6ccccc6oc5c43)cc2)c1-n1c2ccccc2c2ccc3c4ccccc4oc3c21. The molecule has 0 spiro atoms. The smallest absolute Gasteiger partial charge is 0.211 e. The molecule has 0 bridgehead atoms. The molecule has 0 radical (unpaired) electrons. The maximum Gasteiger partial charge on any atom is 0.211 e. The Morgan fingerprint density at radius 2 is 0.907 bits per heavy atom. The van der Waals surface area contributed by atoms with Gasteiger partial charge >= 0.3 is 0 Å². The van der Waals surface area contributed by atoms with Crippen molar-refractivity contribution in [3.8, 4) is 22.5 Å². The standard InChI is InChI=1S/C49H27N3O2/c1-50-40-16-10-15-31(45(40)52-42-18-7-3-12-33(42)37-26-28-39-35-14-5-9-20-44(35)54-49(39)47(37)52)29-21-23-30(24-22-29)51-41-17-6-2-11-32(41)36-25-27-38-34-13-4-8-19-43(34)53-48(38)46(36)51/h2-28H. The number of nitrogens with zero attached hydrogens (tertiary/aromatic N) is 3. The first kappa shape index (κ1) is 29.1. The van der Waals surface area contributed by atoms with Crippen LogP contribution in [0.25, 0.3) is 115 Å². The summed E-state index contributed by atoms with van der Waals surface area (Å²) in [7, 11) is 0. The fraction of sp³-hybridized carbons (Fsp3) is 0. The predicted octanol–water partition coefficient (Wildman–Crippen LogP) is 13.9. The lowest BCUT2D eigenvalue weighted by Gasteiger charge is -2.17. The summed E-state index contributed by atoms with van der Waals surface area (Å²) < 4.78 is 17.8. The number of hydrogen-bond acceptors (Lipinski definition) is 2. The Labute approximate surface area is 307 Å². The molecule has 0 fully saturated rings. The van der Waals surface area contributed by atoms with Gasteiger partial charge in [0.2, 0.25) is 5.69 Å². The van der Waals surface area contributed by atoms with E-state index >= 15 is 0 Å². The molecule has 0 aliphatic rings. The Kier molecular flexibility index (Phi) is 5.78. The van der Waals surface area contributed by atoms with E-state index < -0.39 is 0 Å². The number of aromatic nitrogens is 2. The molecule has 0 unspecified atom stereocenters. The Morgan fingerprint density at radius 1 is 0.407 bits per heavy atom. The van der Waals surface area contributed by atoms with Crippen molar-refractivity contribution in [2.24, 2.45) is 0 Å². The van der Waals surface area contributed by atoms with Gasteiger partial charge in [0, 0.05) is 48.8 Å². The van der Waals surface area contributed by atoms with Gasteiger partial charge in [0.15, 0.2) is 11.2 Å². The van der Waals surface area contributed by atoms with Crippen molar-refractivity contribution in [2.75, 3.05) is 0 Å². The van der Waals surface area contributed by atoms with Crippen molar-refractivity contribution in [3.63, 3.8) is 0 Å². The minimum atomic E-state index is 0.571. The quantitative estimate of drug-likeness (QED) is 0.173. The van der Waals surface area contributed by atoms with Crippen LogP contribution in [0.15, 0.2) is 173 Å². The van der Waals surface area contributed by atoms with Crippen LogP contribution in [0.5, 0.6) is 0 Å². The number of hydrogen-bond donors (Lipinski definition) is 0. The zero-order valence-electron chi connectivity index (χ0n) is 28.7. The first-order valence-corrected chi connectivity index (χ1v) is 18.1. The molecule has 5 nitrogen and oxygen atoms in total. The molecule has 250 valence electrons. The Bertz CT molecular complexity index is 3570. The molecule has 4 aromatic heterocycles. The van der Waals surface area contributed by atoms with Crippen LogP contribution in [0.1, 0.15) is 0 Å². The van der Waals surface area contributed by atoms with E-state index in [1.807, 2.05) is 42.5 Å². The average Bonchev–Trinajstić information content (AvgIpc) is 3.98. The molecular formula is C49H27N3O2. The summed E-state index contributed by atoms with van der Waals surface area (Å²) >= 11 is 0. The highest BCUT2D eigenvalue weighted by atomic mass is 16.3. The molecule has 0 atom stereocenters. The van der Waals surface area contributed by atoms with Crippen LogP contribution < -0.4 is 0 Å². The van der Waals surface area contributed by atoms with Gasteiger partial charge in [-0.25, -0.2) is 4.85 Å². The number of benzene rings is 8. The molecular weight excluding hydrogens is 663 g/mol. The molecule has 0 aliphatic heterocycles. The van der Waals surface area contributed by atoms with Gasteiger partial charge in [-0.15, -0.1) is 0 Å². The second-order valence-electron chi connectivity index (χ2n) is 13.9. The summed E-state index contributed by atoms with van der Waals surface area (Å²) in [5, 5.41) is 8.86. The van der Waals surface area contributed by atoms with E-state index in [1.165, 1.54) is 5.39 Å². The molecule has 4 heterocycles. The van der Waals surface area contributed by atoms with Crippen molar-refractivity contribution in [3.05, 3.63) is 175 Å². The first-order chi connectivity index (χ1) is 26.8. The minimum absolute atomic E-state index is 0.571. The van der Waals surface area contributed by atoms with Gasteiger partial charge in [-0.2, -0.15) is 0 Å². The summed E-state index contributed by atoms with van der Waals surface area (Å²) in [6.45, 7) is 8.38. The van der Waals surface area contributed by atoms with Crippen LogP contribution in [0.2, 0.25) is 0 Å². The van der Waals surface area contributed by atoms with E-state index in [0.717, 1.165) is 105 Å². The summed E-state index contributed by atoms with van der Waals surface area (Å²) in [5.41, 5.74) is 12.0. The number of para-hydroxylation sites is 5. The van der Waals surface area contributed by atoms with Crippen LogP contribution in [0, 0.1) is 6.57 Å². The molecule has 0 aliphatic carbocycles. The second-order valence-corrected chi connectivity index (χ2v) is 13.9. The van der Waals surface area contributed by atoms with Gasteiger partial charge in [0.25, 0.3) is 0 Å². The summed E-state index contributed by atoms with van der Waals surface area (Å²) in [4.78, 5) is 4.11. The minimum Gasteiger partial charge on any atom is -0.454 e. The molecule has 0 N–H and O–H groups in total. The highest BCUT2D eigenvalue weighted by molar-refractivity contribution is 6.23. The van der Waals surface area contributed by atoms with Crippen molar-refractivity contribution < 1.29 is 8.83 Å². The van der Waals surface area contributed by atoms with Crippen LogP contribution in [0.4, 0.5) is 5.69 Å². The molecule has 0 saturated carbocycles. The van der Waals surface area contributed by atoms with E-state index in [0.29, 0.717) is 5.69 Å². The fourth-order valence-electron chi connectivity index (χ4n) is 8.84. The summed E-state index contributed by atoms with van der Waals surface area (Å²) in [6.07, 6.45) is 0. The van der Waals surface area contributed by atoms with Gasteiger partial charge in [0.1, 0.15) is 11.2 Å². The third-order valence-electron chi connectivity index (χ3n) is 11.2. The summed E-state index contributed by atoms with van der Waals surface area (Å²) in [6, 6.07) is 56.9.